The number of hydrogen-bond donors (Lipinski definition) is 1. The standard InChI is InChI=1S/C38H24N2O5/c1-20-3-8-23(9-4-20)45-24-10-6-22(7-11-24)39-36(42)29-16-13-26-28-15-18-31-35-30(37(43)40(2)38(31)44)17-14-27(34(28)35)25-12-5-21(19-41)32(29)33(25)26/h3-19H,1-2H3,(H,39,42). The van der Waals surface area contributed by atoms with E-state index >= 15 is 0 Å². The van der Waals surface area contributed by atoms with Crippen LogP contribution in [0.4, 0.5) is 5.69 Å². The number of carbonyl (C=O) groups is 4. The number of ether oxygens (including phenoxy) is 1. The number of nitrogens with zero attached hydrogens (tertiary/aromatic N) is 1. The first kappa shape index (κ1) is 26.5. The fraction of sp³-hybridized carbons (Fsp3) is 0.0526. The number of amides is 3. The van der Waals surface area contributed by atoms with Crippen LogP contribution < -0.4 is 10.1 Å². The fourth-order valence-corrected chi connectivity index (χ4v) is 6.56. The number of benzene rings is 7. The molecule has 0 bridgehead atoms. The quantitative estimate of drug-likeness (QED) is 0.0949. The maximum absolute atomic E-state index is 13.8. The highest BCUT2D eigenvalue weighted by atomic mass is 16.5. The molecule has 1 aliphatic heterocycles. The summed E-state index contributed by atoms with van der Waals surface area (Å²) >= 11 is 0. The molecule has 0 atom stereocenters. The zero-order chi connectivity index (χ0) is 31.0. The number of aldehydes is 1. The number of anilines is 1. The first-order chi connectivity index (χ1) is 21.8. The van der Waals surface area contributed by atoms with Gasteiger partial charge >= 0.3 is 0 Å². The molecule has 0 unspecified atom stereocenters. The van der Waals surface area contributed by atoms with Gasteiger partial charge in [-0.25, -0.2) is 0 Å². The van der Waals surface area contributed by atoms with E-state index in [1.54, 1.807) is 48.5 Å². The van der Waals surface area contributed by atoms with Crippen LogP contribution in [0.15, 0.2) is 97.1 Å². The van der Waals surface area contributed by atoms with Crippen LogP contribution >= 0.6 is 0 Å². The molecule has 216 valence electrons. The van der Waals surface area contributed by atoms with Gasteiger partial charge in [-0.1, -0.05) is 48.0 Å². The molecule has 0 fully saturated rings. The van der Waals surface area contributed by atoms with Crippen LogP contribution in [0.25, 0.3) is 43.1 Å². The second kappa shape index (κ2) is 9.72. The lowest BCUT2D eigenvalue weighted by Gasteiger charge is -2.26. The number of hydrogen-bond acceptors (Lipinski definition) is 5. The monoisotopic (exact) mass is 588 g/mol. The third kappa shape index (κ3) is 3.91. The van der Waals surface area contributed by atoms with Gasteiger partial charge in [0.2, 0.25) is 0 Å². The summed E-state index contributed by atoms with van der Waals surface area (Å²) in [5.74, 6) is 0.310. The Morgan fingerprint density at radius 3 is 1.73 bits per heavy atom. The van der Waals surface area contributed by atoms with Crippen molar-refractivity contribution in [2.75, 3.05) is 12.4 Å². The Morgan fingerprint density at radius 2 is 1.16 bits per heavy atom. The average Bonchev–Trinajstić information content (AvgIpc) is 3.06. The highest BCUT2D eigenvalue weighted by Gasteiger charge is 2.32. The van der Waals surface area contributed by atoms with Crippen LogP contribution in [-0.2, 0) is 0 Å². The van der Waals surface area contributed by atoms with Crippen molar-refractivity contribution in [3.05, 3.63) is 125 Å². The first-order valence-electron chi connectivity index (χ1n) is 14.5. The lowest BCUT2D eigenvalue weighted by molar-refractivity contribution is 0.0650. The van der Waals surface area contributed by atoms with Gasteiger partial charge in [-0.15, -0.1) is 0 Å². The molecule has 1 heterocycles. The molecule has 0 saturated carbocycles. The molecule has 8 rings (SSSR count). The third-order valence-electron chi connectivity index (χ3n) is 8.74. The SMILES string of the molecule is Cc1ccc(Oc2ccc(NC(=O)c3ccc4c5ccc6c7c(ccc(c8ccc(C=O)c3c84)c75)C(=O)N(C)C6=O)cc2)cc1. The van der Waals surface area contributed by atoms with Crippen molar-refractivity contribution in [1.29, 1.82) is 0 Å². The molecular formula is C38H24N2O5. The largest absolute Gasteiger partial charge is 0.457 e. The zero-order valence-corrected chi connectivity index (χ0v) is 24.3. The summed E-state index contributed by atoms with van der Waals surface area (Å²) in [5.41, 5.74) is 3.42. The van der Waals surface area contributed by atoms with E-state index in [-0.39, 0.29) is 17.7 Å². The van der Waals surface area contributed by atoms with Crippen molar-refractivity contribution < 1.29 is 23.9 Å². The van der Waals surface area contributed by atoms with E-state index in [1.807, 2.05) is 55.5 Å². The molecule has 0 saturated heterocycles. The van der Waals surface area contributed by atoms with Crippen LogP contribution in [0.5, 0.6) is 11.5 Å². The second-order valence-electron chi connectivity index (χ2n) is 11.4. The summed E-state index contributed by atoms with van der Waals surface area (Å²) in [4.78, 5) is 53.4. The van der Waals surface area contributed by atoms with Crippen LogP contribution in [0.2, 0.25) is 0 Å². The smallest absolute Gasteiger partial charge is 0.261 e. The summed E-state index contributed by atoms with van der Waals surface area (Å²) in [7, 11) is 1.49. The van der Waals surface area contributed by atoms with Gasteiger partial charge in [0.25, 0.3) is 17.7 Å². The number of carbonyl (C=O) groups excluding carboxylic acids is 4. The lowest BCUT2D eigenvalue weighted by atomic mass is 9.83. The molecule has 0 aliphatic carbocycles. The minimum absolute atomic E-state index is 0.342. The number of rotatable bonds is 5. The minimum atomic E-state index is -0.357. The molecule has 0 aromatic heterocycles. The highest BCUT2D eigenvalue weighted by Crippen LogP contribution is 2.45. The highest BCUT2D eigenvalue weighted by molar-refractivity contribution is 6.40. The molecule has 0 spiro atoms. The first-order valence-corrected chi connectivity index (χ1v) is 14.5. The van der Waals surface area contributed by atoms with E-state index in [0.29, 0.717) is 44.5 Å². The van der Waals surface area contributed by atoms with E-state index < -0.39 is 0 Å². The second-order valence-corrected chi connectivity index (χ2v) is 11.4. The van der Waals surface area contributed by atoms with Crippen LogP contribution in [-0.4, -0.2) is 36.0 Å². The van der Waals surface area contributed by atoms with Crippen LogP contribution in [0, 0.1) is 6.92 Å². The molecule has 1 N–H and O–H groups in total. The summed E-state index contributed by atoms with van der Waals surface area (Å²) in [5, 5.41) is 9.07. The Kier molecular flexibility index (Phi) is 5.73. The van der Waals surface area contributed by atoms with Gasteiger partial charge in [-0.2, -0.15) is 0 Å². The average molecular weight is 589 g/mol. The Bertz CT molecular complexity index is 2340. The third-order valence-corrected chi connectivity index (χ3v) is 8.74. The molecule has 7 nitrogen and oxygen atoms in total. The molecule has 1 aliphatic rings. The Labute approximate surface area is 257 Å². The summed E-state index contributed by atoms with van der Waals surface area (Å²) in [6.07, 6.45) is 0.764. The van der Waals surface area contributed by atoms with Crippen molar-refractivity contribution in [3.8, 4) is 11.5 Å². The Morgan fingerprint density at radius 1 is 0.644 bits per heavy atom. The Hall–Kier alpha value is -6.08. The van der Waals surface area contributed by atoms with Gasteiger partial charge in [0.1, 0.15) is 11.5 Å². The van der Waals surface area contributed by atoms with E-state index in [1.165, 1.54) is 7.05 Å². The molecule has 7 aromatic carbocycles. The minimum Gasteiger partial charge on any atom is -0.457 e. The van der Waals surface area contributed by atoms with Crippen molar-refractivity contribution >= 4 is 72.8 Å². The van der Waals surface area contributed by atoms with Crippen LogP contribution in [0.3, 0.4) is 0 Å². The van der Waals surface area contributed by atoms with Gasteiger partial charge in [0.15, 0.2) is 6.29 Å². The summed E-state index contributed by atoms with van der Waals surface area (Å²) in [6.45, 7) is 2.01. The lowest BCUT2D eigenvalue weighted by Crippen LogP contribution is -2.36. The maximum atomic E-state index is 13.8. The van der Waals surface area contributed by atoms with E-state index in [2.05, 4.69) is 5.32 Å². The van der Waals surface area contributed by atoms with E-state index in [9.17, 15) is 19.2 Å². The van der Waals surface area contributed by atoms with E-state index in [4.69, 9.17) is 4.74 Å². The maximum Gasteiger partial charge on any atom is 0.261 e. The molecule has 7 heteroatoms. The molecule has 7 aromatic rings. The van der Waals surface area contributed by atoms with Crippen molar-refractivity contribution in [2.24, 2.45) is 0 Å². The number of imide groups is 1. The fourth-order valence-electron chi connectivity index (χ4n) is 6.56. The summed E-state index contributed by atoms with van der Waals surface area (Å²) < 4.78 is 5.91. The molecular weight excluding hydrogens is 564 g/mol. The van der Waals surface area contributed by atoms with Crippen molar-refractivity contribution in [1.82, 2.24) is 4.90 Å². The number of aryl methyl sites for hydroxylation is 1. The normalized spacial score (nSPS) is 12.9. The van der Waals surface area contributed by atoms with Crippen molar-refractivity contribution in [3.63, 3.8) is 0 Å². The Balaban J connectivity index is 1.25. The van der Waals surface area contributed by atoms with Crippen LogP contribution in [0.1, 0.15) is 47.0 Å². The predicted molar refractivity (Wildman–Crippen MR) is 175 cm³/mol. The van der Waals surface area contributed by atoms with Gasteiger partial charge < -0.3 is 10.1 Å². The van der Waals surface area contributed by atoms with Gasteiger partial charge in [-0.3, -0.25) is 24.1 Å². The molecule has 45 heavy (non-hydrogen) atoms. The topological polar surface area (TPSA) is 92.8 Å². The van der Waals surface area contributed by atoms with Crippen molar-refractivity contribution in [2.45, 2.75) is 6.92 Å². The van der Waals surface area contributed by atoms with E-state index in [0.717, 1.165) is 54.8 Å². The van der Waals surface area contributed by atoms with Gasteiger partial charge in [0, 0.05) is 45.8 Å². The zero-order valence-electron chi connectivity index (χ0n) is 24.3. The van der Waals surface area contributed by atoms with Gasteiger partial charge in [-0.05, 0) is 93.8 Å². The number of nitrogens with one attached hydrogen (secondary N) is 1. The number of fused-ring (bicyclic) bond motifs is 2. The molecule has 0 radical (unpaired) electrons. The van der Waals surface area contributed by atoms with Gasteiger partial charge in [0.05, 0.1) is 0 Å². The summed E-state index contributed by atoms with van der Waals surface area (Å²) in [6, 6.07) is 29.3. The molecule has 3 amide bonds. The predicted octanol–water partition coefficient (Wildman–Crippen LogP) is 8.13.